The number of anilines is 1. The molecule has 0 amide bonds. The summed E-state index contributed by atoms with van der Waals surface area (Å²) < 4.78 is 41.5. The number of rotatable bonds is 6. The van der Waals surface area contributed by atoms with Gasteiger partial charge in [0.05, 0.1) is 12.3 Å². The lowest BCUT2D eigenvalue weighted by Gasteiger charge is -2.05. The lowest BCUT2D eigenvalue weighted by Crippen LogP contribution is -2.17. The first-order valence-corrected chi connectivity index (χ1v) is 8.69. The summed E-state index contributed by atoms with van der Waals surface area (Å²) in [6.45, 7) is 0.435. The molecule has 24 heavy (non-hydrogen) atoms. The van der Waals surface area contributed by atoms with E-state index in [9.17, 15) is 12.8 Å². The number of hydrogen-bond donors (Lipinski definition) is 1. The van der Waals surface area contributed by atoms with Gasteiger partial charge in [0.25, 0.3) is 5.95 Å². The Labute approximate surface area is 138 Å². The van der Waals surface area contributed by atoms with Crippen molar-refractivity contribution in [2.75, 3.05) is 4.72 Å². The van der Waals surface area contributed by atoms with Crippen LogP contribution < -0.4 is 4.72 Å². The van der Waals surface area contributed by atoms with Crippen molar-refractivity contribution in [3.8, 4) is 0 Å². The van der Waals surface area contributed by atoms with Crippen LogP contribution in [0.2, 0.25) is 0 Å². The van der Waals surface area contributed by atoms with Crippen LogP contribution in [0.5, 0.6) is 0 Å². The highest BCUT2D eigenvalue weighted by atomic mass is 32.2. The van der Waals surface area contributed by atoms with E-state index in [1.54, 1.807) is 18.5 Å². The molecular formula is C15H14FN5O2S. The van der Waals surface area contributed by atoms with Crippen molar-refractivity contribution >= 4 is 16.0 Å². The minimum Gasteiger partial charge on any atom is -0.265 e. The molecule has 0 aliphatic carbocycles. The molecule has 1 aromatic carbocycles. The zero-order chi connectivity index (χ0) is 17.0. The van der Waals surface area contributed by atoms with E-state index in [2.05, 4.69) is 19.8 Å². The monoisotopic (exact) mass is 347 g/mol. The first-order chi connectivity index (χ1) is 11.5. The van der Waals surface area contributed by atoms with Crippen LogP contribution in [0.3, 0.4) is 0 Å². The summed E-state index contributed by atoms with van der Waals surface area (Å²) in [6, 6.07) is 9.36. The molecule has 9 heteroatoms. The molecule has 0 radical (unpaired) electrons. The van der Waals surface area contributed by atoms with E-state index >= 15 is 0 Å². The molecule has 0 fully saturated rings. The second-order valence-electron chi connectivity index (χ2n) is 5.07. The first kappa shape index (κ1) is 16.1. The Morgan fingerprint density at radius 3 is 2.62 bits per heavy atom. The van der Waals surface area contributed by atoms with E-state index in [0.717, 1.165) is 5.56 Å². The van der Waals surface area contributed by atoms with Gasteiger partial charge in [-0.15, -0.1) is 5.10 Å². The number of halogens is 1. The average Bonchev–Trinajstić information content (AvgIpc) is 2.96. The number of sulfonamides is 1. The Balaban J connectivity index is 1.68. The normalized spacial score (nSPS) is 11.4. The molecule has 0 spiro atoms. The van der Waals surface area contributed by atoms with Crippen LogP contribution in [0.4, 0.5) is 10.3 Å². The summed E-state index contributed by atoms with van der Waals surface area (Å²) in [4.78, 5) is 7.83. The smallest absolute Gasteiger partial charge is 0.255 e. The molecule has 0 aliphatic heterocycles. The highest BCUT2D eigenvalue weighted by Gasteiger charge is 2.16. The molecule has 3 aromatic rings. The van der Waals surface area contributed by atoms with Gasteiger partial charge in [0, 0.05) is 18.0 Å². The van der Waals surface area contributed by atoms with E-state index in [1.165, 1.54) is 29.2 Å². The van der Waals surface area contributed by atoms with E-state index in [4.69, 9.17) is 0 Å². The maximum atomic E-state index is 13.6. The molecule has 124 valence electrons. The lowest BCUT2D eigenvalue weighted by atomic mass is 10.2. The first-order valence-electron chi connectivity index (χ1n) is 7.04. The lowest BCUT2D eigenvalue weighted by molar-refractivity contribution is 0.590. The van der Waals surface area contributed by atoms with Crippen LogP contribution >= 0.6 is 0 Å². The van der Waals surface area contributed by atoms with Gasteiger partial charge in [-0.25, -0.2) is 22.2 Å². The van der Waals surface area contributed by atoms with E-state index < -0.39 is 21.6 Å². The van der Waals surface area contributed by atoms with Crippen molar-refractivity contribution in [3.63, 3.8) is 0 Å². The number of aromatic nitrogens is 4. The van der Waals surface area contributed by atoms with E-state index in [1.807, 2.05) is 12.1 Å². The van der Waals surface area contributed by atoms with Gasteiger partial charge in [0.1, 0.15) is 12.1 Å². The summed E-state index contributed by atoms with van der Waals surface area (Å²) in [5, 5.41) is 4.06. The van der Waals surface area contributed by atoms with Crippen molar-refractivity contribution < 1.29 is 12.8 Å². The maximum absolute atomic E-state index is 13.6. The number of nitrogens with one attached hydrogen (secondary N) is 1. The van der Waals surface area contributed by atoms with Crippen LogP contribution in [0, 0.1) is 5.82 Å². The third-order valence-corrected chi connectivity index (χ3v) is 4.37. The van der Waals surface area contributed by atoms with E-state index in [0.29, 0.717) is 6.54 Å². The molecule has 0 saturated carbocycles. The molecule has 7 nitrogen and oxygen atoms in total. The molecule has 2 aromatic heterocycles. The number of nitrogens with zero attached hydrogens (tertiary/aromatic N) is 4. The summed E-state index contributed by atoms with van der Waals surface area (Å²) in [6.07, 6.45) is 4.73. The molecule has 1 N–H and O–H groups in total. The standard InChI is InChI=1S/C15H14FN5O2S/c16-14-4-2-1-3-13(14)10-24(22,23)20-15-18-11-21(19-15)9-12-5-7-17-8-6-12/h1-8,11H,9-10H2,(H,19,20). The Morgan fingerprint density at radius 2 is 1.88 bits per heavy atom. The summed E-state index contributed by atoms with van der Waals surface area (Å²) in [5.41, 5.74) is 1.04. The maximum Gasteiger partial charge on any atom is 0.255 e. The molecular weight excluding hydrogens is 333 g/mol. The molecule has 0 bridgehead atoms. The molecule has 0 saturated heterocycles. The summed E-state index contributed by atoms with van der Waals surface area (Å²) in [5.74, 6) is -1.11. The van der Waals surface area contributed by atoms with Gasteiger partial charge in [0.2, 0.25) is 10.0 Å². The fourth-order valence-electron chi connectivity index (χ4n) is 2.09. The zero-order valence-corrected chi connectivity index (χ0v) is 13.3. The Hall–Kier alpha value is -2.81. The third kappa shape index (κ3) is 4.13. The van der Waals surface area contributed by atoms with Crippen LogP contribution in [0.15, 0.2) is 55.1 Å². The quantitative estimate of drug-likeness (QED) is 0.734. The average molecular weight is 347 g/mol. The molecule has 2 heterocycles. The van der Waals surface area contributed by atoms with Gasteiger partial charge in [-0.1, -0.05) is 18.2 Å². The fourth-order valence-corrected chi connectivity index (χ4v) is 3.18. The predicted molar refractivity (Wildman–Crippen MR) is 86.0 cm³/mol. The SMILES string of the molecule is O=S(=O)(Cc1ccccc1F)Nc1ncn(Cc2ccncc2)n1. The minimum absolute atomic E-state index is 0.0552. The summed E-state index contributed by atoms with van der Waals surface area (Å²) in [7, 11) is -3.81. The van der Waals surface area contributed by atoms with Crippen LogP contribution in [0.25, 0.3) is 0 Å². The largest absolute Gasteiger partial charge is 0.265 e. The topological polar surface area (TPSA) is 89.8 Å². The molecule has 0 unspecified atom stereocenters. The van der Waals surface area contributed by atoms with Gasteiger partial charge in [-0.2, -0.15) is 4.98 Å². The van der Waals surface area contributed by atoms with Crippen LogP contribution in [-0.2, 0) is 22.3 Å². The zero-order valence-electron chi connectivity index (χ0n) is 12.5. The van der Waals surface area contributed by atoms with Crippen molar-refractivity contribution in [1.29, 1.82) is 0 Å². The number of benzene rings is 1. The van der Waals surface area contributed by atoms with Gasteiger partial charge < -0.3 is 0 Å². The van der Waals surface area contributed by atoms with Crippen LogP contribution in [0.1, 0.15) is 11.1 Å². The Morgan fingerprint density at radius 1 is 1.12 bits per heavy atom. The highest BCUT2D eigenvalue weighted by Crippen LogP contribution is 2.12. The van der Waals surface area contributed by atoms with Gasteiger partial charge in [-0.3, -0.25) is 4.98 Å². The molecule has 0 atom stereocenters. The second kappa shape index (κ2) is 6.75. The Bertz CT molecular complexity index is 928. The fraction of sp³-hybridized carbons (Fsp3) is 0.133. The van der Waals surface area contributed by atoms with Crippen molar-refractivity contribution in [2.24, 2.45) is 0 Å². The van der Waals surface area contributed by atoms with Gasteiger partial charge in [0.15, 0.2) is 0 Å². The minimum atomic E-state index is -3.81. The van der Waals surface area contributed by atoms with Gasteiger partial charge in [-0.05, 0) is 23.8 Å². The Kier molecular flexibility index (Phi) is 4.52. The number of pyridine rings is 1. The number of hydrogen-bond acceptors (Lipinski definition) is 5. The second-order valence-corrected chi connectivity index (χ2v) is 6.80. The summed E-state index contributed by atoms with van der Waals surface area (Å²) >= 11 is 0. The molecule has 3 rings (SSSR count). The van der Waals surface area contributed by atoms with Gasteiger partial charge >= 0.3 is 0 Å². The predicted octanol–water partition coefficient (Wildman–Crippen LogP) is 1.80. The highest BCUT2D eigenvalue weighted by molar-refractivity contribution is 7.91. The van der Waals surface area contributed by atoms with Crippen molar-refractivity contribution in [2.45, 2.75) is 12.3 Å². The van der Waals surface area contributed by atoms with E-state index in [-0.39, 0.29) is 11.5 Å². The molecule has 0 aliphatic rings. The van der Waals surface area contributed by atoms with Crippen molar-refractivity contribution in [3.05, 3.63) is 72.1 Å². The van der Waals surface area contributed by atoms with Crippen LogP contribution in [-0.4, -0.2) is 28.2 Å². The van der Waals surface area contributed by atoms with Crippen molar-refractivity contribution in [1.82, 2.24) is 19.7 Å². The third-order valence-electron chi connectivity index (χ3n) is 3.18.